The molecule has 0 aliphatic rings. The standard InChI is InChI=1S/C21H18N4O2S4/c1-9-10(2)30-19-14(9)17(26)22-16(23-19)11(3)31-21-24-18-15(20(27)25(21)4)12(8-29-18)13-6-5-7-28-13/h5-8,11H,1-4H3,(H,22,23,26). The highest BCUT2D eigenvalue weighted by atomic mass is 32.2. The lowest BCUT2D eigenvalue weighted by molar-refractivity contribution is 0.724. The number of fused-ring (bicyclic) bond motifs is 2. The van der Waals surface area contributed by atoms with Crippen molar-refractivity contribution in [2.24, 2.45) is 7.05 Å². The highest BCUT2D eigenvalue weighted by Gasteiger charge is 2.20. The van der Waals surface area contributed by atoms with Gasteiger partial charge in [-0.3, -0.25) is 14.2 Å². The zero-order valence-corrected chi connectivity index (χ0v) is 20.4. The molecule has 0 bridgehead atoms. The minimum absolute atomic E-state index is 0.0641. The summed E-state index contributed by atoms with van der Waals surface area (Å²) in [6.45, 7) is 5.91. The summed E-state index contributed by atoms with van der Waals surface area (Å²) in [6, 6.07) is 4.00. The molecule has 10 heteroatoms. The minimum Gasteiger partial charge on any atom is -0.309 e. The first-order valence-corrected chi connectivity index (χ1v) is 13.0. The number of aromatic nitrogens is 4. The Hall–Kier alpha value is -2.27. The Morgan fingerprint density at radius 3 is 2.68 bits per heavy atom. The van der Waals surface area contributed by atoms with Gasteiger partial charge in [-0.2, -0.15) is 0 Å². The molecule has 0 aliphatic heterocycles. The van der Waals surface area contributed by atoms with Crippen LogP contribution in [0.1, 0.15) is 28.4 Å². The lowest BCUT2D eigenvalue weighted by Gasteiger charge is -2.13. The highest BCUT2D eigenvalue weighted by Crippen LogP contribution is 2.37. The van der Waals surface area contributed by atoms with Crippen molar-refractivity contribution in [3.63, 3.8) is 0 Å². The Balaban J connectivity index is 1.55. The van der Waals surface area contributed by atoms with Crippen molar-refractivity contribution < 1.29 is 0 Å². The first kappa shape index (κ1) is 20.6. The average molecular weight is 487 g/mol. The average Bonchev–Trinajstić information content (AvgIpc) is 3.45. The molecule has 158 valence electrons. The first-order valence-electron chi connectivity index (χ1n) is 9.53. The largest absolute Gasteiger partial charge is 0.309 e. The van der Waals surface area contributed by atoms with Crippen molar-refractivity contribution in [3.05, 3.63) is 59.9 Å². The molecule has 0 aliphatic carbocycles. The van der Waals surface area contributed by atoms with E-state index in [1.54, 1.807) is 23.0 Å². The van der Waals surface area contributed by atoms with Crippen LogP contribution in [0.2, 0.25) is 0 Å². The third-order valence-corrected chi connectivity index (χ3v) is 9.31. The second-order valence-corrected chi connectivity index (χ2v) is 11.6. The highest BCUT2D eigenvalue weighted by molar-refractivity contribution is 7.99. The van der Waals surface area contributed by atoms with Crippen LogP contribution in [0.5, 0.6) is 0 Å². The van der Waals surface area contributed by atoms with E-state index in [0.29, 0.717) is 21.8 Å². The third kappa shape index (κ3) is 3.38. The zero-order chi connectivity index (χ0) is 21.9. The molecular weight excluding hydrogens is 469 g/mol. The molecule has 0 spiro atoms. The Labute approximate surface area is 193 Å². The van der Waals surface area contributed by atoms with Crippen molar-refractivity contribution >= 4 is 66.2 Å². The Bertz CT molecular complexity index is 1560. The number of nitrogens with zero attached hydrogens (tertiary/aromatic N) is 3. The molecule has 0 saturated heterocycles. The van der Waals surface area contributed by atoms with Gasteiger partial charge in [0.25, 0.3) is 11.1 Å². The number of thioether (sulfide) groups is 1. The van der Waals surface area contributed by atoms with Gasteiger partial charge in [0.2, 0.25) is 0 Å². The van der Waals surface area contributed by atoms with E-state index in [0.717, 1.165) is 30.5 Å². The zero-order valence-electron chi connectivity index (χ0n) is 17.2. The molecule has 1 atom stereocenters. The van der Waals surface area contributed by atoms with Crippen LogP contribution in [0.3, 0.4) is 0 Å². The van der Waals surface area contributed by atoms with Gasteiger partial charge in [0.1, 0.15) is 15.5 Å². The molecule has 0 fully saturated rings. The molecule has 5 aromatic rings. The van der Waals surface area contributed by atoms with Gasteiger partial charge in [-0.05, 0) is 37.8 Å². The van der Waals surface area contributed by atoms with Crippen molar-refractivity contribution in [1.29, 1.82) is 0 Å². The summed E-state index contributed by atoms with van der Waals surface area (Å²) < 4.78 is 1.59. The Kier molecular flexibility index (Phi) is 5.12. The lowest BCUT2D eigenvalue weighted by Crippen LogP contribution is -2.20. The fraction of sp³-hybridized carbons (Fsp3) is 0.238. The van der Waals surface area contributed by atoms with E-state index in [9.17, 15) is 9.59 Å². The SMILES string of the molecule is Cc1sc2nc(C(C)Sc3nc4scc(-c5cccs5)c4c(=O)n3C)[nH]c(=O)c2c1C. The van der Waals surface area contributed by atoms with Crippen molar-refractivity contribution in [2.75, 3.05) is 0 Å². The number of aryl methyl sites for hydroxylation is 2. The van der Waals surface area contributed by atoms with Gasteiger partial charge in [-0.15, -0.1) is 34.0 Å². The molecule has 0 amide bonds. The predicted octanol–water partition coefficient (Wildman–Crippen LogP) is 5.49. The summed E-state index contributed by atoms with van der Waals surface area (Å²) in [5.74, 6) is 0.587. The normalized spacial score (nSPS) is 12.8. The molecule has 5 aromatic heterocycles. The van der Waals surface area contributed by atoms with Crippen LogP contribution in [-0.4, -0.2) is 19.5 Å². The van der Waals surface area contributed by atoms with E-state index >= 15 is 0 Å². The smallest absolute Gasteiger partial charge is 0.263 e. The van der Waals surface area contributed by atoms with E-state index in [1.807, 2.05) is 43.7 Å². The maximum Gasteiger partial charge on any atom is 0.263 e. The third-order valence-electron chi connectivity index (χ3n) is 5.29. The maximum absolute atomic E-state index is 13.2. The second-order valence-electron chi connectivity index (χ2n) is 7.24. The van der Waals surface area contributed by atoms with Crippen LogP contribution >= 0.6 is 45.8 Å². The number of thiophene rings is 3. The van der Waals surface area contributed by atoms with Gasteiger partial charge in [-0.1, -0.05) is 17.8 Å². The molecular formula is C21H18N4O2S4. The van der Waals surface area contributed by atoms with Gasteiger partial charge in [0, 0.05) is 27.7 Å². The van der Waals surface area contributed by atoms with Crippen molar-refractivity contribution in [1.82, 2.24) is 19.5 Å². The molecule has 5 heterocycles. The lowest BCUT2D eigenvalue weighted by atomic mass is 10.2. The summed E-state index contributed by atoms with van der Waals surface area (Å²) in [5, 5.41) is 5.75. The summed E-state index contributed by atoms with van der Waals surface area (Å²) in [5.41, 5.74) is 1.73. The molecule has 1 unspecified atom stereocenters. The fourth-order valence-corrected chi connectivity index (χ4v) is 7.22. The summed E-state index contributed by atoms with van der Waals surface area (Å²) >= 11 is 6.04. The second kappa shape index (κ2) is 7.70. The number of hydrogen-bond donors (Lipinski definition) is 1. The van der Waals surface area contributed by atoms with Crippen molar-refractivity contribution in [2.45, 2.75) is 31.2 Å². The number of hydrogen-bond acceptors (Lipinski definition) is 8. The van der Waals surface area contributed by atoms with Gasteiger partial charge >= 0.3 is 0 Å². The molecule has 1 N–H and O–H groups in total. The number of H-pyrrole nitrogens is 1. The van der Waals surface area contributed by atoms with Gasteiger partial charge in [0.15, 0.2) is 5.16 Å². The minimum atomic E-state index is -0.174. The van der Waals surface area contributed by atoms with Crippen LogP contribution in [0.15, 0.2) is 37.6 Å². The van der Waals surface area contributed by atoms with Crippen LogP contribution in [0.4, 0.5) is 0 Å². The molecule has 0 saturated carbocycles. The van der Waals surface area contributed by atoms with E-state index in [4.69, 9.17) is 9.97 Å². The van der Waals surface area contributed by atoms with Crippen LogP contribution in [0, 0.1) is 13.8 Å². The first-order chi connectivity index (χ1) is 14.8. The molecule has 5 rings (SSSR count). The summed E-state index contributed by atoms with van der Waals surface area (Å²) in [4.78, 5) is 41.8. The summed E-state index contributed by atoms with van der Waals surface area (Å²) in [6.07, 6.45) is 0. The number of nitrogens with one attached hydrogen (secondary N) is 1. The summed E-state index contributed by atoms with van der Waals surface area (Å²) in [7, 11) is 1.74. The van der Waals surface area contributed by atoms with Crippen LogP contribution in [-0.2, 0) is 7.05 Å². The molecule has 0 radical (unpaired) electrons. The topological polar surface area (TPSA) is 80.6 Å². The fourth-order valence-electron chi connectivity index (χ4n) is 3.45. The van der Waals surface area contributed by atoms with Gasteiger partial charge in [0.05, 0.1) is 16.0 Å². The molecule has 6 nitrogen and oxygen atoms in total. The van der Waals surface area contributed by atoms with Crippen LogP contribution < -0.4 is 11.1 Å². The molecule has 31 heavy (non-hydrogen) atoms. The quantitative estimate of drug-likeness (QED) is 0.268. The van der Waals surface area contributed by atoms with E-state index in [-0.39, 0.29) is 16.4 Å². The predicted molar refractivity (Wildman–Crippen MR) is 132 cm³/mol. The van der Waals surface area contributed by atoms with Crippen LogP contribution in [0.25, 0.3) is 30.9 Å². The number of aromatic amines is 1. The maximum atomic E-state index is 13.2. The monoisotopic (exact) mass is 486 g/mol. The molecule has 0 aromatic carbocycles. The number of rotatable bonds is 4. The van der Waals surface area contributed by atoms with E-state index in [2.05, 4.69) is 4.98 Å². The van der Waals surface area contributed by atoms with E-state index < -0.39 is 0 Å². The van der Waals surface area contributed by atoms with Crippen molar-refractivity contribution in [3.8, 4) is 10.4 Å². The van der Waals surface area contributed by atoms with E-state index in [1.165, 1.54) is 34.4 Å². The Morgan fingerprint density at radius 1 is 1.13 bits per heavy atom. The van der Waals surface area contributed by atoms with Gasteiger partial charge in [-0.25, -0.2) is 9.97 Å². The Morgan fingerprint density at radius 2 is 1.94 bits per heavy atom. The van der Waals surface area contributed by atoms with Gasteiger partial charge < -0.3 is 4.98 Å².